The fraction of sp³-hybridized carbons (Fsp3) is 0.600. The van der Waals surface area contributed by atoms with Gasteiger partial charge in [-0.15, -0.1) is 0 Å². The maximum atomic E-state index is 11.0. The van der Waals surface area contributed by atoms with Gasteiger partial charge in [-0.1, -0.05) is 0 Å². The van der Waals surface area contributed by atoms with Crippen LogP contribution in [0, 0.1) is 6.92 Å². The molecule has 0 bridgehead atoms. The SMILES string of the molecule is Cc1nc(N2CC(C)(C)OC(C)(C)C2)ccc1C(=O)O. The van der Waals surface area contributed by atoms with E-state index in [0.29, 0.717) is 5.69 Å². The van der Waals surface area contributed by atoms with E-state index >= 15 is 0 Å². The summed E-state index contributed by atoms with van der Waals surface area (Å²) in [6.07, 6.45) is 0. The summed E-state index contributed by atoms with van der Waals surface area (Å²) in [5.74, 6) is -0.138. The lowest BCUT2D eigenvalue weighted by atomic mass is 9.99. The minimum atomic E-state index is -0.941. The van der Waals surface area contributed by atoms with Crippen molar-refractivity contribution in [1.29, 1.82) is 0 Å². The number of hydrogen-bond acceptors (Lipinski definition) is 4. The number of pyridine rings is 1. The topological polar surface area (TPSA) is 62.7 Å². The first-order chi connectivity index (χ1) is 9.10. The first-order valence-corrected chi connectivity index (χ1v) is 6.76. The van der Waals surface area contributed by atoms with Crippen LogP contribution in [0.5, 0.6) is 0 Å². The number of aryl methyl sites for hydroxylation is 1. The van der Waals surface area contributed by atoms with E-state index in [1.165, 1.54) is 0 Å². The molecule has 0 saturated carbocycles. The molecule has 1 fully saturated rings. The zero-order chi connectivity index (χ0) is 15.1. The van der Waals surface area contributed by atoms with Crippen LogP contribution >= 0.6 is 0 Å². The Hall–Kier alpha value is -1.62. The molecule has 2 heterocycles. The number of carboxylic acid groups (broad SMARTS) is 1. The van der Waals surface area contributed by atoms with E-state index in [4.69, 9.17) is 9.84 Å². The highest BCUT2D eigenvalue weighted by molar-refractivity contribution is 5.89. The van der Waals surface area contributed by atoms with Crippen molar-refractivity contribution in [3.05, 3.63) is 23.4 Å². The second-order valence-corrected chi connectivity index (χ2v) is 6.59. The van der Waals surface area contributed by atoms with Crippen molar-refractivity contribution < 1.29 is 14.6 Å². The fourth-order valence-electron chi connectivity index (χ4n) is 2.90. The van der Waals surface area contributed by atoms with Crippen LogP contribution in [-0.4, -0.2) is 40.4 Å². The molecule has 110 valence electrons. The van der Waals surface area contributed by atoms with Crippen LogP contribution in [-0.2, 0) is 4.74 Å². The van der Waals surface area contributed by atoms with E-state index < -0.39 is 5.97 Å². The number of nitrogens with zero attached hydrogens (tertiary/aromatic N) is 2. The molecule has 0 amide bonds. The summed E-state index contributed by atoms with van der Waals surface area (Å²) in [5, 5.41) is 9.06. The number of rotatable bonds is 2. The van der Waals surface area contributed by atoms with Crippen LogP contribution in [0.15, 0.2) is 12.1 Å². The summed E-state index contributed by atoms with van der Waals surface area (Å²) in [6.45, 7) is 11.4. The number of anilines is 1. The van der Waals surface area contributed by atoms with Crippen LogP contribution in [0.3, 0.4) is 0 Å². The maximum Gasteiger partial charge on any atom is 0.337 e. The largest absolute Gasteiger partial charge is 0.478 e. The van der Waals surface area contributed by atoms with Gasteiger partial charge in [0.05, 0.1) is 22.5 Å². The van der Waals surface area contributed by atoms with E-state index in [1.54, 1.807) is 19.1 Å². The Morgan fingerprint density at radius 2 is 1.80 bits per heavy atom. The Kier molecular flexibility index (Phi) is 3.50. The molecular formula is C15H22N2O3. The summed E-state index contributed by atoms with van der Waals surface area (Å²) in [6, 6.07) is 3.39. The summed E-state index contributed by atoms with van der Waals surface area (Å²) >= 11 is 0. The highest BCUT2D eigenvalue weighted by Crippen LogP contribution is 2.30. The molecule has 20 heavy (non-hydrogen) atoms. The molecule has 0 spiro atoms. The van der Waals surface area contributed by atoms with Gasteiger partial charge < -0.3 is 14.7 Å². The lowest BCUT2D eigenvalue weighted by Gasteiger charge is -2.47. The third-order valence-electron chi connectivity index (χ3n) is 3.32. The predicted octanol–water partition coefficient (Wildman–Crippen LogP) is 2.48. The van der Waals surface area contributed by atoms with Crippen molar-refractivity contribution in [2.75, 3.05) is 18.0 Å². The zero-order valence-corrected chi connectivity index (χ0v) is 12.7. The second kappa shape index (κ2) is 4.74. The summed E-state index contributed by atoms with van der Waals surface area (Å²) in [5.41, 5.74) is 0.267. The molecule has 0 radical (unpaired) electrons. The Balaban J connectivity index is 2.32. The van der Waals surface area contributed by atoms with Gasteiger partial charge in [-0.05, 0) is 46.8 Å². The molecular weight excluding hydrogens is 256 g/mol. The first-order valence-electron chi connectivity index (χ1n) is 6.76. The standard InChI is InChI=1S/C15H22N2O3/c1-10-11(13(18)19)6-7-12(16-10)17-8-14(2,3)20-15(4,5)9-17/h6-7H,8-9H2,1-5H3,(H,18,19). The number of aromatic carboxylic acids is 1. The van der Waals surface area contributed by atoms with Crippen LogP contribution < -0.4 is 4.90 Å². The van der Waals surface area contributed by atoms with E-state index in [-0.39, 0.29) is 16.8 Å². The molecule has 5 heteroatoms. The molecule has 1 saturated heterocycles. The van der Waals surface area contributed by atoms with Crippen molar-refractivity contribution in [2.24, 2.45) is 0 Å². The number of hydrogen-bond donors (Lipinski definition) is 1. The van der Waals surface area contributed by atoms with Crippen molar-refractivity contribution in [1.82, 2.24) is 4.98 Å². The minimum absolute atomic E-state index is 0.250. The molecule has 2 rings (SSSR count). The third-order valence-corrected chi connectivity index (χ3v) is 3.32. The van der Waals surface area contributed by atoms with Gasteiger partial charge in [-0.3, -0.25) is 0 Å². The Labute approximate surface area is 119 Å². The van der Waals surface area contributed by atoms with Gasteiger partial charge in [0.25, 0.3) is 0 Å². The number of carbonyl (C=O) groups is 1. The van der Waals surface area contributed by atoms with Gasteiger partial charge in [0, 0.05) is 13.1 Å². The fourth-order valence-corrected chi connectivity index (χ4v) is 2.90. The van der Waals surface area contributed by atoms with Gasteiger partial charge in [0.2, 0.25) is 0 Å². The molecule has 0 aliphatic carbocycles. The van der Waals surface area contributed by atoms with E-state index in [0.717, 1.165) is 18.9 Å². The molecule has 1 N–H and O–H groups in total. The quantitative estimate of drug-likeness (QED) is 0.900. The number of morpholine rings is 1. The molecule has 1 aliphatic heterocycles. The van der Waals surface area contributed by atoms with Crippen molar-refractivity contribution in [2.45, 2.75) is 45.8 Å². The van der Waals surface area contributed by atoms with Crippen LogP contribution in [0.1, 0.15) is 43.7 Å². The normalized spacial score (nSPS) is 20.8. The van der Waals surface area contributed by atoms with Gasteiger partial charge >= 0.3 is 5.97 Å². The van der Waals surface area contributed by atoms with Crippen molar-refractivity contribution >= 4 is 11.8 Å². The first kappa shape index (κ1) is 14.8. The third kappa shape index (κ3) is 3.10. The number of ether oxygens (including phenoxy) is 1. The molecule has 1 aliphatic rings. The van der Waals surface area contributed by atoms with Crippen LogP contribution in [0.4, 0.5) is 5.82 Å². The van der Waals surface area contributed by atoms with Crippen LogP contribution in [0.25, 0.3) is 0 Å². The Morgan fingerprint density at radius 1 is 1.25 bits per heavy atom. The van der Waals surface area contributed by atoms with Crippen LogP contribution in [0.2, 0.25) is 0 Å². The van der Waals surface area contributed by atoms with E-state index in [2.05, 4.69) is 37.6 Å². The molecule has 0 atom stereocenters. The molecule has 0 unspecified atom stereocenters. The van der Waals surface area contributed by atoms with Gasteiger partial charge in [0.15, 0.2) is 0 Å². The van der Waals surface area contributed by atoms with Gasteiger partial charge in [-0.2, -0.15) is 0 Å². The Bertz CT molecular complexity index is 522. The number of carboxylic acids is 1. The lowest BCUT2D eigenvalue weighted by Crippen LogP contribution is -2.57. The maximum absolute atomic E-state index is 11.0. The zero-order valence-electron chi connectivity index (χ0n) is 12.7. The second-order valence-electron chi connectivity index (χ2n) is 6.59. The average molecular weight is 278 g/mol. The van der Waals surface area contributed by atoms with E-state index in [1.807, 2.05) is 0 Å². The molecule has 0 aromatic carbocycles. The minimum Gasteiger partial charge on any atom is -0.478 e. The molecule has 1 aromatic rings. The van der Waals surface area contributed by atoms with Crippen molar-refractivity contribution in [3.63, 3.8) is 0 Å². The summed E-state index contributed by atoms with van der Waals surface area (Å²) in [4.78, 5) is 17.6. The number of aromatic nitrogens is 1. The highest BCUT2D eigenvalue weighted by Gasteiger charge is 2.38. The monoisotopic (exact) mass is 278 g/mol. The molecule has 5 nitrogen and oxygen atoms in total. The molecule has 1 aromatic heterocycles. The van der Waals surface area contributed by atoms with Gasteiger partial charge in [-0.25, -0.2) is 9.78 Å². The predicted molar refractivity (Wildman–Crippen MR) is 77.4 cm³/mol. The van der Waals surface area contributed by atoms with Gasteiger partial charge in [0.1, 0.15) is 5.82 Å². The van der Waals surface area contributed by atoms with Crippen molar-refractivity contribution in [3.8, 4) is 0 Å². The Morgan fingerprint density at radius 3 is 2.25 bits per heavy atom. The lowest BCUT2D eigenvalue weighted by molar-refractivity contribution is -0.133. The highest BCUT2D eigenvalue weighted by atomic mass is 16.5. The van der Waals surface area contributed by atoms with E-state index in [9.17, 15) is 4.79 Å². The average Bonchev–Trinajstić information content (AvgIpc) is 2.23. The summed E-state index contributed by atoms with van der Waals surface area (Å²) < 4.78 is 6.04. The smallest absolute Gasteiger partial charge is 0.337 e. The summed E-state index contributed by atoms with van der Waals surface area (Å²) in [7, 11) is 0.